The summed E-state index contributed by atoms with van der Waals surface area (Å²) in [5, 5.41) is 0. The van der Waals surface area contributed by atoms with Gasteiger partial charge in [-0.1, -0.05) is 42.5 Å². The number of rotatable bonds is 8. The maximum Gasteiger partial charge on any atom is 0.167 e. The quantitative estimate of drug-likeness (QED) is 0.644. The molecule has 2 unspecified atom stereocenters. The number of benzene rings is 2. The number of nitrogens with zero attached hydrogens (tertiary/aromatic N) is 2. The van der Waals surface area contributed by atoms with E-state index in [4.69, 9.17) is 9.47 Å². The number of morpholine rings is 1. The number of hydrogen-bond donors (Lipinski definition) is 0. The summed E-state index contributed by atoms with van der Waals surface area (Å²) in [4.78, 5) is 16.0. The zero-order valence-electron chi connectivity index (χ0n) is 16.9. The number of ether oxygens (including phenoxy) is 2. The van der Waals surface area contributed by atoms with Crippen molar-refractivity contribution < 1.29 is 14.3 Å². The SMILES string of the molecule is O=CC1OC(Cc2ccccc2)CN1CCCc1cccc(N2CCOCC2)c1. The fraction of sp³-hybridized carbons (Fsp3) is 0.458. The molecule has 2 aliphatic heterocycles. The van der Waals surface area contributed by atoms with Crippen molar-refractivity contribution in [3.8, 4) is 0 Å². The van der Waals surface area contributed by atoms with E-state index < -0.39 is 6.23 Å². The molecule has 154 valence electrons. The van der Waals surface area contributed by atoms with Crippen LogP contribution in [0.5, 0.6) is 0 Å². The summed E-state index contributed by atoms with van der Waals surface area (Å²) in [5.74, 6) is 0. The van der Waals surface area contributed by atoms with Gasteiger partial charge in [-0.25, -0.2) is 0 Å². The van der Waals surface area contributed by atoms with Gasteiger partial charge in [0.15, 0.2) is 12.5 Å². The molecule has 2 aromatic carbocycles. The fourth-order valence-corrected chi connectivity index (χ4v) is 4.23. The van der Waals surface area contributed by atoms with Gasteiger partial charge >= 0.3 is 0 Å². The van der Waals surface area contributed by atoms with Crippen molar-refractivity contribution in [3.05, 3.63) is 65.7 Å². The van der Waals surface area contributed by atoms with Crippen molar-refractivity contribution in [1.29, 1.82) is 0 Å². The molecule has 5 nitrogen and oxygen atoms in total. The smallest absolute Gasteiger partial charge is 0.167 e. The van der Waals surface area contributed by atoms with Crippen LogP contribution in [-0.2, 0) is 27.1 Å². The van der Waals surface area contributed by atoms with E-state index in [1.54, 1.807) is 0 Å². The minimum absolute atomic E-state index is 0.0808. The van der Waals surface area contributed by atoms with Gasteiger partial charge in [-0.3, -0.25) is 9.69 Å². The molecule has 0 aromatic heterocycles. The lowest BCUT2D eigenvalue weighted by Crippen LogP contribution is -2.36. The molecule has 0 aliphatic carbocycles. The largest absolute Gasteiger partial charge is 0.378 e. The Morgan fingerprint density at radius 2 is 1.79 bits per heavy atom. The average Bonchev–Trinajstić information content (AvgIpc) is 3.17. The van der Waals surface area contributed by atoms with Crippen LogP contribution in [-0.4, -0.2) is 62.9 Å². The van der Waals surface area contributed by atoms with Crippen molar-refractivity contribution in [2.45, 2.75) is 31.6 Å². The van der Waals surface area contributed by atoms with Gasteiger partial charge in [0.2, 0.25) is 0 Å². The van der Waals surface area contributed by atoms with E-state index in [1.807, 2.05) is 18.2 Å². The van der Waals surface area contributed by atoms with Gasteiger partial charge in [0.1, 0.15) is 0 Å². The van der Waals surface area contributed by atoms with Gasteiger partial charge < -0.3 is 14.4 Å². The number of carbonyl (C=O) groups is 1. The summed E-state index contributed by atoms with van der Waals surface area (Å²) in [5.41, 5.74) is 3.88. The molecule has 0 N–H and O–H groups in total. The lowest BCUT2D eigenvalue weighted by atomic mass is 10.1. The highest BCUT2D eigenvalue weighted by atomic mass is 16.5. The molecule has 2 heterocycles. The number of aryl methyl sites for hydroxylation is 1. The number of hydrogen-bond acceptors (Lipinski definition) is 5. The summed E-state index contributed by atoms with van der Waals surface area (Å²) in [6, 6.07) is 19.2. The van der Waals surface area contributed by atoms with E-state index in [-0.39, 0.29) is 6.10 Å². The molecule has 0 amide bonds. The van der Waals surface area contributed by atoms with Crippen molar-refractivity contribution in [2.24, 2.45) is 0 Å². The van der Waals surface area contributed by atoms with Crippen LogP contribution < -0.4 is 4.90 Å². The standard InChI is InChI=1S/C24H30N2O3/c27-19-24-26(18-23(29-24)17-21-6-2-1-3-7-21)11-5-9-20-8-4-10-22(16-20)25-12-14-28-15-13-25/h1-4,6-8,10,16,19,23-24H,5,9,11-15,17-18H2. The number of carbonyl (C=O) groups excluding carboxylic acids is 1. The molecule has 2 atom stereocenters. The van der Waals surface area contributed by atoms with Crippen molar-refractivity contribution in [2.75, 3.05) is 44.3 Å². The molecule has 0 radical (unpaired) electrons. The molecule has 0 spiro atoms. The molecule has 2 aliphatic rings. The van der Waals surface area contributed by atoms with Crippen LogP contribution in [0.2, 0.25) is 0 Å². The Morgan fingerprint density at radius 3 is 2.59 bits per heavy atom. The van der Waals surface area contributed by atoms with Crippen LogP contribution in [0.4, 0.5) is 5.69 Å². The molecule has 0 saturated carbocycles. The minimum Gasteiger partial charge on any atom is -0.378 e. The number of anilines is 1. The first-order valence-corrected chi connectivity index (χ1v) is 10.6. The molecule has 5 heteroatoms. The van der Waals surface area contributed by atoms with E-state index in [1.165, 1.54) is 16.8 Å². The summed E-state index contributed by atoms with van der Waals surface area (Å²) in [6.45, 7) is 5.20. The Bertz CT molecular complexity index is 777. The maximum atomic E-state index is 11.5. The second kappa shape index (κ2) is 10.0. The molecule has 29 heavy (non-hydrogen) atoms. The van der Waals surface area contributed by atoms with Gasteiger partial charge in [0, 0.05) is 31.9 Å². The van der Waals surface area contributed by atoms with E-state index >= 15 is 0 Å². The average molecular weight is 395 g/mol. The zero-order chi connectivity index (χ0) is 19.9. The van der Waals surface area contributed by atoms with Crippen molar-refractivity contribution in [1.82, 2.24) is 4.90 Å². The zero-order valence-corrected chi connectivity index (χ0v) is 16.9. The molecular weight excluding hydrogens is 364 g/mol. The van der Waals surface area contributed by atoms with E-state index in [9.17, 15) is 4.79 Å². The van der Waals surface area contributed by atoms with Gasteiger partial charge in [-0.2, -0.15) is 0 Å². The third-order valence-electron chi connectivity index (χ3n) is 5.75. The lowest BCUT2D eigenvalue weighted by molar-refractivity contribution is -0.123. The van der Waals surface area contributed by atoms with Gasteiger partial charge in [-0.15, -0.1) is 0 Å². The van der Waals surface area contributed by atoms with Crippen LogP contribution in [0.3, 0.4) is 0 Å². The third kappa shape index (κ3) is 5.44. The Balaban J connectivity index is 1.28. The van der Waals surface area contributed by atoms with E-state index in [0.29, 0.717) is 0 Å². The van der Waals surface area contributed by atoms with Crippen LogP contribution in [0.25, 0.3) is 0 Å². The highest BCUT2D eigenvalue weighted by Gasteiger charge is 2.32. The highest BCUT2D eigenvalue weighted by Crippen LogP contribution is 2.21. The first kappa shape index (κ1) is 20.1. The Morgan fingerprint density at radius 1 is 1.00 bits per heavy atom. The van der Waals surface area contributed by atoms with Gasteiger partial charge in [0.05, 0.1) is 19.3 Å². The lowest BCUT2D eigenvalue weighted by Gasteiger charge is -2.29. The van der Waals surface area contributed by atoms with Crippen LogP contribution >= 0.6 is 0 Å². The molecule has 0 bridgehead atoms. The number of aldehydes is 1. The molecule has 2 fully saturated rings. The predicted octanol–water partition coefficient (Wildman–Crippen LogP) is 2.92. The monoisotopic (exact) mass is 394 g/mol. The molecule has 2 saturated heterocycles. The second-order valence-electron chi connectivity index (χ2n) is 7.84. The molecule has 2 aromatic rings. The van der Waals surface area contributed by atoms with Crippen LogP contribution in [0.1, 0.15) is 17.5 Å². The fourth-order valence-electron chi connectivity index (χ4n) is 4.23. The first-order valence-electron chi connectivity index (χ1n) is 10.6. The maximum absolute atomic E-state index is 11.5. The Labute approximate surface area is 173 Å². The van der Waals surface area contributed by atoms with E-state index in [0.717, 1.165) is 64.9 Å². The van der Waals surface area contributed by atoms with Gasteiger partial charge in [-0.05, 0) is 42.5 Å². The first-order chi connectivity index (χ1) is 14.3. The van der Waals surface area contributed by atoms with Crippen molar-refractivity contribution in [3.63, 3.8) is 0 Å². The van der Waals surface area contributed by atoms with Crippen LogP contribution in [0.15, 0.2) is 54.6 Å². The van der Waals surface area contributed by atoms with E-state index in [2.05, 4.69) is 46.2 Å². The molecular formula is C24H30N2O3. The summed E-state index contributed by atoms with van der Waals surface area (Å²) < 4.78 is 11.4. The Kier molecular flexibility index (Phi) is 6.93. The third-order valence-corrected chi connectivity index (χ3v) is 5.75. The minimum atomic E-state index is -0.414. The highest BCUT2D eigenvalue weighted by molar-refractivity contribution is 5.56. The van der Waals surface area contributed by atoms with Crippen LogP contribution in [0, 0.1) is 0 Å². The summed E-state index contributed by atoms with van der Waals surface area (Å²) in [7, 11) is 0. The normalized spacial score (nSPS) is 22.7. The van der Waals surface area contributed by atoms with Gasteiger partial charge in [0.25, 0.3) is 0 Å². The molecule has 4 rings (SSSR count). The Hall–Kier alpha value is -2.21. The topological polar surface area (TPSA) is 42.0 Å². The summed E-state index contributed by atoms with van der Waals surface area (Å²) >= 11 is 0. The predicted molar refractivity (Wildman–Crippen MR) is 114 cm³/mol. The second-order valence-corrected chi connectivity index (χ2v) is 7.84. The van der Waals surface area contributed by atoms with Crippen molar-refractivity contribution >= 4 is 12.0 Å². The summed E-state index contributed by atoms with van der Waals surface area (Å²) in [6.07, 6.45) is 3.47.